The zero-order chi connectivity index (χ0) is 13.5. The molecule has 0 bridgehead atoms. The lowest BCUT2D eigenvalue weighted by atomic mass is 10.1. The summed E-state index contributed by atoms with van der Waals surface area (Å²) >= 11 is 0. The van der Waals surface area contributed by atoms with Gasteiger partial charge in [0.2, 0.25) is 5.91 Å². The molecule has 0 aliphatic heterocycles. The van der Waals surface area contributed by atoms with Crippen LogP contribution in [0.5, 0.6) is 11.5 Å². The van der Waals surface area contributed by atoms with Gasteiger partial charge in [0.05, 0.1) is 19.9 Å². The summed E-state index contributed by atoms with van der Waals surface area (Å²) in [4.78, 5) is 11.9. The normalized spacial score (nSPS) is 11.8. The number of amides is 1. The number of hydrogen-bond acceptors (Lipinski definition) is 3. The Bertz CT molecular complexity index is 404. The van der Waals surface area contributed by atoms with Crippen LogP contribution in [0.3, 0.4) is 0 Å². The van der Waals surface area contributed by atoms with Crippen molar-refractivity contribution in [1.29, 1.82) is 0 Å². The molecule has 1 aromatic carbocycles. The van der Waals surface area contributed by atoms with Crippen LogP contribution in [0, 0.1) is 5.92 Å². The molecule has 0 unspecified atom stereocenters. The lowest BCUT2D eigenvalue weighted by molar-refractivity contribution is -0.119. The number of ether oxygens (including phenoxy) is 2. The summed E-state index contributed by atoms with van der Waals surface area (Å²) in [6, 6.07) is 5.33. The van der Waals surface area contributed by atoms with Gasteiger partial charge in [-0.05, 0) is 18.6 Å². The molecule has 0 saturated carbocycles. The number of methoxy groups -OCH3 is 2. The van der Waals surface area contributed by atoms with E-state index in [-0.39, 0.29) is 11.8 Å². The molecule has 0 aliphatic rings. The lowest BCUT2D eigenvalue weighted by Gasteiger charge is -2.14. The van der Waals surface area contributed by atoms with Gasteiger partial charge in [-0.15, -0.1) is 0 Å². The van der Waals surface area contributed by atoms with Crippen LogP contribution in [-0.2, 0) is 4.79 Å². The minimum Gasteiger partial charge on any atom is -0.497 e. The van der Waals surface area contributed by atoms with Crippen molar-refractivity contribution in [2.24, 2.45) is 5.92 Å². The Balaban J connectivity index is 2.80. The van der Waals surface area contributed by atoms with Crippen molar-refractivity contribution in [2.45, 2.75) is 26.7 Å². The molecule has 1 rings (SSSR count). The van der Waals surface area contributed by atoms with E-state index in [1.54, 1.807) is 32.4 Å². The Morgan fingerprint density at radius 1 is 1.33 bits per heavy atom. The Morgan fingerprint density at radius 3 is 2.61 bits per heavy atom. The molecule has 1 aromatic rings. The first-order chi connectivity index (χ1) is 8.62. The van der Waals surface area contributed by atoms with Gasteiger partial charge < -0.3 is 14.8 Å². The van der Waals surface area contributed by atoms with Gasteiger partial charge in [-0.25, -0.2) is 0 Å². The monoisotopic (exact) mass is 251 g/mol. The highest BCUT2D eigenvalue weighted by Crippen LogP contribution is 2.29. The Morgan fingerprint density at radius 2 is 2.06 bits per heavy atom. The minimum absolute atomic E-state index is 0.00167. The summed E-state index contributed by atoms with van der Waals surface area (Å²) in [5.74, 6) is 1.32. The second-order valence-electron chi connectivity index (χ2n) is 4.25. The summed E-state index contributed by atoms with van der Waals surface area (Å²) in [5.41, 5.74) is 0.672. The van der Waals surface area contributed by atoms with Crippen molar-refractivity contribution < 1.29 is 14.3 Å². The number of nitrogens with one attached hydrogen (secondary N) is 1. The van der Waals surface area contributed by atoms with Gasteiger partial charge in [0.25, 0.3) is 0 Å². The van der Waals surface area contributed by atoms with Crippen LogP contribution in [0.15, 0.2) is 18.2 Å². The third kappa shape index (κ3) is 3.65. The van der Waals surface area contributed by atoms with Crippen LogP contribution in [0.4, 0.5) is 5.69 Å². The molecule has 0 spiro atoms. The Labute approximate surface area is 108 Å². The Kier molecular flexibility index (Phi) is 5.49. The van der Waals surface area contributed by atoms with Gasteiger partial charge >= 0.3 is 0 Å². The first kappa shape index (κ1) is 14.4. The molecular formula is C14H21NO3. The maximum atomic E-state index is 11.9. The summed E-state index contributed by atoms with van der Waals surface area (Å²) in [7, 11) is 3.16. The van der Waals surface area contributed by atoms with Crippen molar-refractivity contribution >= 4 is 11.6 Å². The van der Waals surface area contributed by atoms with Crippen LogP contribution in [0.1, 0.15) is 26.7 Å². The van der Waals surface area contributed by atoms with E-state index < -0.39 is 0 Å². The predicted molar refractivity (Wildman–Crippen MR) is 72.2 cm³/mol. The van der Waals surface area contributed by atoms with Crippen molar-refractivity contribution in [3.05, 3.63) is 18.2 Å². The third-order valence-corrected chi connectivity index (χ3v) is 2.84. The molecule has 4 nitrogen and oxygen atoms in total. The average molecular weight is 251 g/mol. The minimum atomic E-state index is 0.00167. The van der Waals surface area contributed by atoms with Gasteiger partial charge in [0.1, 0.15) is 11.5 Å². The molecule has 0 aromatic heterocycles. The SMILES string of the molecule is CCC[C@@H](C)C(=O)Nc1ccc(OC)cc1OC. The largest absolute Gasteiger partial charge is 0.497 e. The number of hydrogen-bond donors (Lipinski definition) is 1. The predicted octanol–water partition coefficient (Wildman–Crippen LogP) is 3.08. The van der Waals surface area contributed by atoms with Gasteiger partial charge in [-0.3, -0.25) is 4.79 Å². The number of benzene rings is 1. The zero-order valence-corrected chi connectivity index (χ0v) is 11.4. The van der Waals surface area contributed by atoms with Crippen LogP contribution in [0.2, 0.25) is 0 Å². The van der Waals surface area contributed by atoms with E-state index in [4.69, 9.17) is 9.47 Å². The van der Waals surface area contributed by atoms with E-state index in [1.165, 1.54) is 0 Å². The summed E-state index contributed by atoms with van der Waals surface area (Å²) in [6.45, 7) is 3.99. The van der Waals surface area contributed by atoms with Gasteiger partial charge in [0, 0.05) is 12.0 Å². The fourth-order valence-electron chi connectivity index (χ4n) is 1.72. The first-order valence-corrected chi connectivity index (χ1v) is 6.15. The average Bonchev–Trinajstić information content (AvgIpc) is 2.39. The van der Waals surface area contributed by atoms with E-state index in [1.807, 2.05) is 6.92 Å². The highest BCUT2D eigenvalue weighted by Gasteiger charge is 2.14. The van der Waals surface area contributed by atoms with Gasteiger partial charge in [-0.1, -0.05) is 20.3 Å². The van der Waals surface area contributed by atoms with Crippen LogP contribution >= 0.6 is 0 Å². The molecule has 18 heavy (non-hydrogen) atoms. The molecule has 1 atom stereocenters. The van der Waals surface area contributed by atoms with Gasteiger partial charge in [-0.2, -0.15) is 0 Å². The fraction of sp³-hybridized carbons (Fsp3) is 0.500. The number of carbonyl (C=O) groups excluding carboxylic acids is 1. The van der Waals surface area contributed by atoms with Crippen molar-refractivity contribution in [3.63, 3.8) is 0 Å². The highest BCUT2D eigenvalue weighted by molar-refractivity contribution is 5.93. The Hall–Kier alpha value is -1.71. The van der Waals surface area contributed by atoms with E-state index >= 15 is 0 Å². The van der Waals surface area contributed by atoms with E-state index in [0.29, 0.717) is 17.2 Å². The number of carbonyl (C=O) groups is 1. The maximum Gasteiger partial charge on any atom is 0.227 e. The van der Waals surface area contributed by atoms with Crippen molar-refractivity contribution in [3.8, 4) is 11.5 Å². The van der Waals surface area contributed by atoms with Crippen molar-refractivity contribution in [2.75, 3.05) is 19.5 Å². The van der Waals surface area contributed by atoms with Crippen LogP contribution in [0.25, 0.3) is 0 Å². The molecule has 4 heteroatoms. The molecule has 0 fully saturated rings. The highest BCUT2D eigenvalue weighted by atomic mass is 16.5. The molecule has 0 radical (unpaired) electrons. The van der Waals surface area contributed by atoms with E-state index in [0.717, 1.165) is 12.8 Å². The van der Waals surface area contributed by atoms with E-state index in [2.05, 4.69) is 12.2 Å². The molecule has 0 heterocycles. The maximum absolute atomic E-state index is 11.9. The quantitative estimate of drug-likeness (QED) is 0.845. The standard InChI is InChI=1S/C14H21NO3/c1-5-6-10(2)14(16)15-12-8-7-11(17-3)9-13(12)18-4/h7-10H,5-6H2,1-4H3,(H,15,16)/t10-/m1/s1. The second-order valence-corrected chi connectivity index (χ2v) is 4.25. The van der Waals surface area contributed by atoms with Crippen LogP contribution in [-0.4, -0.2) is 20.1 Å². The molecule has 0 saturated heterocycles. The van der Waals surface area contributed by atoms with E-state index in [9.17, 15) is 4.79 Å². The second kappa shape index (κ2) is 6.89. The number of rotatable bonds is 6. The summed E-state index contributed by atoms with van der Waals surface area (Å²) < 4.78 is 10.3. The fourth-order valence-corrected chi connectivity index (χ4v) is 1.72. The lowest BCUT2D eigenvalue weighted by Crippen LogP contribution is -2.20. The first-order valence-electron chi connectivity index (χ1n) is 6.15. The topological polar surface area (TPSA) is 47.6 Å². The summed E-state index contributed by atoms with van der Waals surface area (Å²) in [5, 5.41) is 2.88. The summed E-state index contributed by atoms with van der Waals surface area (Å²) in [6.07, 6.45) is 1.87. The van der Waals surface area contributed by atoms with Crippen LogP contribution < -0.4 is 14.8 Å². The molecular weight excluding hydrogens is 230 g/mol. The molecule has 1 amide bonds. The molecule has 100 valence electrons. The molecule has 1 N–H and O–H groups in total. The van der Waals surface area contributed by atoms with Crippen molar-refractivity contribution in [1.82, 2.24) is 0 Å². The third-order valence-electron chi connectivity index (χ3n) is 2.84. The molecule has 0 aliphatic carbocycles. The smallest absolute Gasteiger partial charge is 0.227 e. The van der Waals surface area contributed by atoms with Gasteiger partial charge in [0.15, 0.2) is 0 Å². The number of anilines is 1. The zero-order valence-electron chi connectivity index (χ0n) is 11.4.